The van der Waals surface area contributed by atoms with Gasteiger partial charge in [-0.1, -0.05) is 13.2 Å². The molecule has 0 aliphatic rings. The van der Waals surface area contributed by atoms with Crippen LogP contribution in [0.4, 0.5) is 0 Å². The molecule has 0 atom stereocenters. The second-order valence-corrected chi connectivity index (χ2v) is 2.96. The molecule has 0 rings (SSSR count). The quantitative estimate of drug-likeness (QED) is 0.427. The van der Waals surface area contributed by atoms with Gasteiger partial charge in [0.15, 0.2) is 0 Å². The van der Waals surface area contributed by atoms with Gasteiger partial charge in [-0.3, -0.25) is 9.59 Å². The average molecular weight is 277 g/mol. The van der Waals surface area contributed by atoms with E-state index in [1.165, 1.54) is 0 Å². The van der Waals surface area contributed by atoms with E-state index in [9.17, 15) is 19.2 Å². The predicted molar refractivity (Wildman–Crippen MR) is 63.1 cm³/mol. The monoisotopic (exact) mass is 277 g/mol. The van der Waals surface area contributed by atoms with Gasteiger partial charge in [0.1, 0.15) is 0 Å². The average Bonchev–Trinajstić information content (AvgIpc) is 2.16. The van der Waals surface area contributed by atoms with Crippen LogP contribution in [0.3, 0.4) is 0 Å². The lowest BCUT2D eigenvalue weighted by Gasteiger charge is -1.91. The molecule has 0 aromatic carbocycles. The zero-order valence-corrected chi connectivity index (χ0v) is 9.96. The van der Waals surface area contributed by atoms with Crippen molar-refractivity contribution >= 4 is 23.9 Å². The summed E-state index contributed by atoms with van der Waals surface area (Å²) in [6.07, 6.45) is -1.01. The van der Waals surface area contributed by atoms with Crippen LogP contribution in [0.1, 0.15) is 12.8 Å². The molecule has 0 aliphatic heterocycles. The Morgan fingerprint density at radius 1 is 0.684 bits per heavy atom. The second kappa shape index (κ2) is 10.5. The Hall–Kier alpha value is -2.68. The minimum Gasteiger partial charge on any atom is -0.481 e. The maximum Gasteiger partial charge on any atom is 0.331 e. The van der Waals surface area contributed by atoms with Crippen LogP contribution in [0, 0.1) is 0 Å². The molecule has 0 bridgehead atoms. The van der Waals surface area contributed by atoms with Crippen molar-refractivity contribution in [2.45, 2.75) is 12.8 Å². The van der Waals surface area contributed by atoms with E-state index in [0.29, 0.717) is 0 Å². The van der Waals surface area contributed by atoms with Crippen molar-refractivity contribution in [3.63, 3.8) is 0 Å². The maximum absolute atomic E-state index is 9.87. The standard InChI is InChI=1S/2C5H6O4.H3N/c2*1-3(5(8)9)2-4(6)7;/h2*1-2H2,(H,6,7)(H,8,9);1H3. The molecule has 0 aromatic rings. The van der Waals surface area contributed by atoms with E-state index in [0.717, 1.165) is 0 Å². The minimum atomic E-state index is -1.27. The van der Waals surface area contributed by atoms with Crippen LogP contribution in [0.5, 0.6) is 0 Å². The fraction of sp³-hybridized carbons (Fsp3) is 0.200. The number of aliphatic carboxylic acids is 4. The Labute approximate surface area is 108 Å². The number of hydrogen-bond acceptors (Lipinski definition) is 5. The van der Waals surface area contributed by atoms with Crippen molar-refractivity contribution in [3.05, 3.63) is 24.3 Å². The minimum absolute atomic E-state index is 0. The second-order valence-electron chi connectivity index (χ2n) is 2.96. The first-order chi connectivity index (χ1) is 8.07. The molecule has 0 saturated heterocycles. The zero-order chi connectivity index (χ0) is 14.9. The molecule has 0 saturated carbocycles. The van der Waals surface area contributed by atoms with E-state index in [4.69, 9.17) is 20.4 Å². The first kappa shape index (κ1) is 21.6. The Bertz CT molecular complexity index is 360. The molecule has 0 heterocycles. The van der Waals surface area contributed by atoms with Crippen LogP contribution in [0.15, 0.2) is 24.3 Å². The molecule has 108 valence electrons. The van der Waals surface area contributed by atoms with Gasteiger partial charge in [-0.05, 0) is 0 Å². The van der Waals surface area contributed by atoms with E-state index in [-0.39, 0.29) is 17.3 Å². The van der Waals surface area contributed by atoms with Gasteiger partial charge in [0.2, 0.25) is 0 Å². The number of carbonyl (C=O) groups is 4. The van der Waals surface area contributed by atoms with Crippen LogP contribution < -0.4 is 6.15 Å². The molecule has 0 unspecified atom stereocenters. The highest BCUT2D eigenvalue weighted by molar-refractivity contribution is 5.91. The Balaban J connectivity index is -0.000000256. The summed E-state index contributed by atoms with van der Waals surface area (Å²) in [5.74, 6) is -4.89. The summed E-state index contributed by atoms with van der Waals surface area (Å²) in [6, 6.07) is 0. The van der Waals surface area contributed by atoms with Gasteiger partial charge >= 0.3 is 23.9 Å². The molecule has 0 aliphatic carbocycles. The van der Waals surface area contributed by atoms with Crippen molar-refractivity contribution in [1.82, 2.24) is 6.15 Å². The molecule has 0 radical (unpaired) electrons. The van der Waals surface area contributed by atoms with Crippen LogP contribution in [0.25, 0.3) is 0 Å². The molecule has 0 fully saturated rings. The van der Waals surface area contributed by atoms with Gasteiger partial charge in [-0.15, -0.1) is 0 Å². The Morgan fingerprint density at radius 3 is 0.947 bits per heavy atom. The van der Waals surface area contributed by atoms with Crippen LogP contribution >= 0.6 is 0 Å². The van der Waals surface area contributed by atoms with E-state index in [2.05, 4.69) is 13.2 Å². The predicted octanol–water partition coefficient (Wildman–Crippen LogP) is 0.366. The van der Waals surface area contributed by atoms with E-state index in [1.54, 1.807) is 0 Å². The van der Waals surface area contributed by atoms with Crippen molar-refractivity contribution in [1.29, 1.82) is 0 Å². The van der Waals surface area contributed by atoms with Gasteiger partial charge < -0.3 is 26.6 Å². The molecule has 9 nitrogen and oxygen atoms in total. The highest BCUT2D eigenvalue weighted by Gasteiger charge is 2.07. The van der Waals surface area contributed by atoms with Crippen LogP contribution in [0.2, 0.25) is 0 Å². The van der Waals surface area contributed by atoms with Gasteiger partial charge in [-0.25, -0.2) is 9.59 Å². The van der Waals surface area contributed by atoms with Gasteiger partial charge in [0.25, 0.3) is 0 Å². The summed E-state index contributed by atoms with van der Waals surface area (Å²) in [5.41, 5.74) is -0.606. The molecule has 7 N–H and O–H groups in total. The van der Waals surface area contributed by atoms with Crippen molar-refractivity contribution in [2.75, 3.05) is 0 Å². The highest BCUT2D eigenvalue weighted by atomic mass is 16.4. The Morgan fingerprint density at radius 2 is 0.895 bits per heavy atom. The van der Waals surface area contributed by atoms with Crippen LogP contribution in [-0.4, -0.2) is 44.3 Å². The summed E-state index contributed by atoms with van der Waals surface area (Å²) in [7, 11) is 0. The molecular weight excluding hydrogens is 262 g/mol. The van der Waals surface area contributed by atoms with Crippen molar-refractivity contribution in [2.24, 2.45) is 0 Å². The number of rotatable bonds is 6. The molecule has 0 spiro atoms. The lowest BCUT2D eigenvalue weighted by atomic mass is 10.2. The smallest absolute Gasteiger partial charge is 0.331 e. The molecular formula is C10H15NO8. The molecule has 9 heteroatoms. The van der Waals surface area contributed by atoms with E-state index >= 15 is 0 Å². The summed E-state index contributed by atoms with van der Waals surface area (Å²) in [4.78, 5) is 39.3. The number of carboxylic acids is 4. The molecule has 19 heavy (non-hydrogen) atoms. The van der Waals surface area contributed by atoms with Gasteiger partial charge in [0, 0.05) is 11.1 Å². The third-order valence-corrected chi connectivity index (χ3v) is 1.33. The Kier molecular flexibility index (Phi) is 11.9. The topological polar surface area (TPSA) is 184 Å². The summed E-state index contributed by atoms with van der Waals surface area (Å²) >= 11 is 0. The zero-order valence-electron chi connectivity index (χ0n) is 9.96. The van der Waals surface area contributed by atoms with Crippen LogP contribution in [-0.2, 0) is 19.2 Å². The lowest BCUT2D eigenvalue weighted by Crippen LogP contribution is -2.04. The number of carboxylic acid groups (broad SMARTS) is 4. The molecule has 0 amide bonds. The van der Waals surface area contributed by atoms with Crippen molar-refractivity contribution in [3.8, 4) is 0 Å². The fourth-order valence-corrected chi connectivity index (χ4v) is 0.516. The SMILES string of the molecule is C=C(CC(=O)O)C(=O)O.C=C(CC(=O)O)C(=O)O.N. The lowest BCUT2D eigenvalue weighted by molar-refractivity contribution is -0.139. The van der Waals surface area contributed by atoms with E-state index < -0.39 is 36.7 Å². The van der Waals surface area contributed by atoms with E-state index in [1.807, 2.05) is 0 Å². The first-order valence-electron chi connectivity index (χ1n) is 4.33. The largest absolute Gasteiger partial charge is 0.481 e. The maximum atomic E-state index is 9.87. The summed E-state index contributed by atoms with van der Waals surface area (Å²) < 4.78 is 0. The fourth-order valence-electron chi connectivity index (χ4n) is 0.516. The van der Waals surface area contributed by atoms with Crippen molar-refractivity contribution < 1.29 is 39.6 Å². The third kappa shape index (κ3) is 15.3. The normalized spacial score (nSPS) is 8.00. The first-order valence-corrected chi connectivity index (χ1v) is 4.33. The third-order valence-electron chi connectivity index (χ3n) is 1.33. The summed E-state index contributed by atoms with van der Waals surface area (Å²) in [6.45, 7) is 6.03. The molecule has 0 aromatic heterocycles. The van der Waals surface area contributed by atoms with Gasteiger partial charge in [0.05, 0.1) is 12.8 Å². The number of hydrogen-bond donors (Lipinski definition) is 5. The highest BCUT2D eigenvalue weighted by Crippen LogP contribution is 1.96. The van der Waals surface area contributed by atoms with Gasteiger partial charge in [-0.2, -0.15) is 0 Å². The summed E-state index contributed by atoms with van der Waals surface area (Å²) in [5, 5.41) is 32.2.